The van der Waals surface area contributed by atoms with Gasteiger partial charge in [-0.25, -0.2) is 0 Å². The maximum absolute atomic E-state index is 12.6. The van der Waals surface area contributed by atoms with Crippen LogP contribution in [-0.2, 0) is 21.5 Å². The van der Waals surface area contributed by atoms with Gasteiger partial charge < -0.3 is 20.1 Å². The van der Waals surface area contributed by atoms with Crippen molar-refractivity contribution in [1.29, 1.82) is 0 Å². The summed E-state index contributed by atoms with van der Waals surface area (Å²) in [6.07, 6.45) is 6.53. The minimum atomic E-state index is -0.154. The van der Waals surface area contributed by atoms with Crippen LogP contribution in [0.25, 0.3) is 10.9 Å². The van der Waals surface area contributed by atoms with E-state index in [-0.39, 0.29) is 29.9 Å². The molecule has 2 amide bonds. The maximum Gasteiger partial charge on any atom is 0.228 e. The van der Waals surface area contributed by atoms with Gasteiger partial charge in [0.15, 0.2) is 0 Å². The van der Waals surface area contributed by atoms with Crippen LogP contribution >= 0.6 is 0 Å². The van der Waals surface area contributed by atoms with E-state index in [1.54, 1.807) is 12.4 Å². The highest BCUT2D eigenvalue weighted by molar-refractivity contribution is 5.92. The second-order valence-electron chi connectivity index (χ2n) is 10.8. The number of nitrogens with one attached hydrogen (secondary N) is 2. The molecule has 0 aliphatic carbocycles. The van der Waals surface area contributed by atoms with Crippen LogP contribution in [0.1, 0.15) is 44.7 Å². The van der Waals surface area contributed by atoms with Crippen LogP contribution < -0.4 is 20.1 Å². The zero-order valence-corrected chi connectivity index (χ0v) is 22.7. The highest BCUT2D eigenvalue weighted by Crippen LogP contribution is 2.33. The Morgan fingerprint density at radius 3 is 2.72 bits per heavy atom. The Kier molecular flexibility index (Phi) is 7.24. The van der Waals surface area contributed by atoms with E-state index >= 15 is 0 Å². The fraction of sp³-hybridized carbons (Fsp3) is 0.333. The minimum Gasteiger partial charge on any atom is -0.489 e. The molecule has 1 fully saturated rings. The Hall–Kier alpha value is -4.40. The Bertz CT molecular complexity index is 1510. The van der Waals surface area contributed by atoms with Crippen LogP contribution in [0.4, 0.5) is 5.69 Å². The predicted molar refractivity (Wildman–Crippen MR) is 149 cm³/mol. The SMILES string of the molecule is Cc1cc(CC(=O)Nc2cnn(C(C)(C)C)c2)ccc1Oc1ccnc2ccc(OC3CCC(=O)NC3)cc12. The summed E-state index contributed by atoms with van der Waals surface area (Å²) in [6, 6.07) is 13.3. The van der Waals surface area contributed by atoms with Crippen molar-refractivity contribution in [1.82, 2.24) is 20.1 Å². The molecule has 5 rings (SSSR count). The lowest BCUT2D eigenvalue weighted by atomic mass is 10.1. The second kappa shape index (κ2) is 10.8. The molecule has 39 heavy (non-hydrogen) atoms. The molecule has 2 N–H and O–H groups in total. The Balaban J connectivity index is 1.27. The van der Waals surface area contributed by atoms with E-state index in [0.29, 0.717) is 42.3 Å². The van der Waals surface area contributed by atoms with Crippen molar-refractivity contribution in [3.8, 4) is 17.2 Å². The largest absolute Gasteiger partial charge is 0.489 e. The summed E-state index contributed by atoms with van der Waals surface area (Å²) < 4.78 is 14.2. The maximum atomic E-state index is 12.6. The van der Waals surface area contributed by atoms with Gasteiger partial charge in [0.1, 0.15) is 23.4 Å². The van der Waals surface area contributed by atoms with E-state index < -0.39 is 0 Å². The third-order valence-corrected chi connectivity index (χ3v) is 6.57. The third kappa shape index (κ3) is 6.37. The van der Waals surface area contributed by atoms with Gasteiger partial charge in [0.05, 0.1) is 35.9 Å². The fourth-order valence-corrected chi connectivity index (χ4v) is 4.46. The van der Waals surface area contributed by atoms with Crippen LogP contribution in [0.5, 0.6) is 17.2 Å². The van der Waals surface area contributed by atoms with Gasteiger partial charge in [0.25, 0.3) is 0 Å². The molecule has 9 heteroatoms. The average molecular weight is 528 g/mol. The normalized spacial score (nSPS) is 15.6. The van der Waals surface area contributed by atoms with Gasteiger partial charge in [-0.15, -0.1) is 0 Å². The first-order valence-corrected chi connectivity index (χ1v) is 13.1. The topological polar surface area (TPSA) is 107 Å². The molecule has 0 saturated carbocycles. The summed E-state index contributed by atoms with van der Waals surface area (Å²) in [4.78, 5) is 28.5. The average Bonchev–Trinajstić information content (AvgIpc) is 3.36. The number of hydrogen-bond donors (Lipinski definition) is 2. The lowest BCUT2D eigenvalue weighted by Gasteiger charge is -2.23. The molecule has 202 valence electrons. The molecule has 3 heterocycles. The summed E-state index contributed by atoms with van der Waals surface area (Å²) in [6.45, 7) is 8.62. The van der Waals surface area contributed by atoms with E-state index in [4.69, 9.17) is 9.47 Å². The first kappa shape index (κ1) is 26.2. The number of carbonyl (C=O) groups excluding carboxylic acids is 2. The van der Waals surface area contributed by atoms with Crippen LogP contribution in [0.3, 0.4) is 0 Å². The van der Waals surface area contributed by atoms with Gasteiger partial charge in [0.2, 0.25) is 11.8 Å². The molecule has 0 bridgehead atoms. The number of aryl methyl sites for hydroxylation is 1. The molecule has 1 atom stereocenters. The number of anilines is 1. The van der Waals surface area contributed by atoms with Crippen LogP contribution in [0.2, 0.25) is 0 Å². The number of piperidine rings is 1. The fourth-order valence-electron chi connectivity index (χ4n) is 4.46. The first-order valence-electron chi connectivity index (χ1n) is 13.1. The number of pyridine rings is 1. The lowest BCUT2D eigenvalue weighted by molar-refractivity contribution is -0.123. The van der Waals surface area contributed by atoms with Gasteiger partial charge in [-0.2, -0.15) is 5.10 Å². The van der Waals surface area contributed by atoms with Crippen molar-refractivity contribution < 1.29 is 19.1 Å². The van der Waals surface area contributed by atoms with E-state index in [1.165, 1.54) is 0 Å². The standard InChI is InChI=1S/C30H33N5O4/c1-19-13-20(14-29(37)34-21-16-33-35(18-21)30(2,3)4)5-9-26(19)39-27-11-12-31-25-8-6-22(15-24(25)27)38-23-7-10-28(36)32-17-23/h5-6,8-9,11-13,15-16,18,23H,7,10,14,17H2,1-4H3,(H,32,36)(H,34,37). The molecule has 1 aliphatic heterocycles. The van der Waals surface area contributed by atoms with E-state index in [2.05, 4.69) is 41.5 Å². The van der Waals surface area contributed by atoms with Crippen molar-refractivity contribution in [2.24, 2.45) is 0 Å². The molecule has 2 aromatic carbocycles. The monoisotopic (exact) mass is 527 g/mol. The number of fused-ring (bicyclic) bond motifs is 1. The predicted octanol–water partition coefficient (Wildman–Crippen LogP) is 5.13. The Morgan fingerprint density at radius 1 is 1.15 bits per heavy atom. The number of amides is 2. The number of hydrogen-bond acceptors (Lipinski definition) is 6. The third-order valence-electron chi connectivity index (χ3n) is 6.57. The smallest absolute Gasteiger partial charge is 0.228 e. The van der Waals surface area contributed by atoms with Crippen LogP contribution in [-0.4, -0.2) is 39.2 Å². The van der Waals surface area contributed by atoms with Gasteiger partial charge >= 0.3 is 0 Å². The number of ether oxygens (including phenoxy) is 2. The van der Waals surface area contributed by atoms with Crippen LogP contribution in [0, 0.1) is 6.92 Å². The van der Waals surface area contributed by atoms with Crippen molar-refractivity contribution >= 4 is 28.4 Å². The molecule has 4 aromatic rings. The first-order chi connectivity index (χ1) is 18.6. The summed E-state index contributed by atoms with van der Waals surface area (Å²) in [5, 5.41) is 10.9. The van der Waals surface area contributed by atoms with E-state index in [1.807, 2.05) is 60.3 Å². The quantitative estimate of drug-likeness (QED) is 0.345. The van der Waals surface area contributed by atoms with Gasteiger partial charge in [-0.3, -0.25) is 19.3 Å². The molecule has 1 aliphatic rings. The lowest BCUT2D eigenvalue weighted by Crippen LogP contribution is -2.40. The highest BCUT2D eigenvalue weighted by Gasteiger charge is 2.20. The summed E-state index contributed by atoms with van der Waals surface area (Å²) >= 11 is 0. The van der Waals surface area contributed by atoms with Crippen molar-refractivity contribution in [2.45, 2.75) is 58.6 Å². The number of nitrogens with zero attached hydrogens (tertiary/aromatic N) is 3. The van der Waals surface area contributed by atoms with E-state index in [0.717, 1.165) is 22.0 Å². The van der Waals surface area contributed by atoms with E-state index in [9.17, 15) is 9.59 Å². The Labute approximate surface area is 227 Å². The molecule has 0 radical (unpaired) electrons. The number of carbonyl (C=O) groups is 2. The molecular weight excluding hydrogens is 494 g/mol. The summed E-state index contributed by atoms with van der Waals surface area (Å²) in [5.41, 5.74) is 3.11. The van der Waals surface area contributed by atoms with Gasteiger partial charge in [-0.05, 0) is 75.6 Å². The second-order valence-corrected chi connectivity index (χ2v) is 10.8. The van der Waals surface area contributed by atoms with Gasteiger partial charge in [-0.1, -0.05) is 12.1 Å². The van der Waals surface area contributed by atoms with Crippen molar-refractivity contribution in [3.63, 3.8) is 0 Å². The molecule has 1 unspecified atom stereocenters. The number of rotatable bonds is 7. The molecule has 9 nitrogen and oxygen atoms in total. The zero-order chi connectivity index (χ0) is 27.6. The van der Waals surface area contributed by atoms with Crippen LogP contribution in [0.15, 0.2) is 61.1 Å². The molecular formula is C30H33N5O4. The summed E-state index contributed by atoms with van der Waals surface area (Å²) in [5.74, 6) is 2.00. The van der Waals surface area contributed by atoms with Crippen molar-refractivity contribution in [2.75, 3.05) is 11.9 Å². The number of aromatic nitrogens is 3. The molecule has 1 saturated heterocycles. The highest BCUT2D eigenvalue weighted by atomic mass is 16.5. The van der Waals surface area contributed by atoms with Crippen molar-refractivity contribution in [3.05, 3.63) is 72.2 Å². The number of benzene rings is 2. The zero-order valence-electron chi connectivity index (χ0n) is 22.7. The Morgan fingerprint density at radius 2 is 2.00 bits per heavy atom. The molecule has 0 spiro atoms. The van der Waals surface area contributed by atoms with Gasteiger partial charge in [0, 0.05) is 24.2 Å². The molecule has 2 aromatic heterocycles. The minimum absolute atomic E-state index is 0.0587. The summed E-state index contributed by atoms with van der Waals surface area (Å²) in [7, 11) is 0.